The van der Waals surface area contributed by atoms with Crippen molar-refractivity contribution < 1.29 is 0 Å². The van der Waals surface area contributed by atoms with Crippen LogP contribution in [0.4, 0.5) is 0 Å². The van der Waals surface area contributed by atoms with E-state index in [-0.39, 0.29) is 30.6 Å². The molecule has 0 bridgehead atoms. The normalized spacial score (nSPS) is 4.57. The van der Waals surface area contributed by atoms with Gasteiger partial charge in [0, 0.05) is 0 Å². The Morgan fingerprint density at radius 2 is 1.71 bits per heavy atom. The summed E-state index contributed by atoms with van der Waals surface area (Å²) in [5, 5.41) is 6.40. The third-order valence-corrected chi connectivity index (χ3v) is 0.220. The Morgan fingerprint density at radius 3 is 1.71 bits per heavy atom. The topological polar surface area (TPSA) is 49.9 Å². The van der Waals surface area contributed by atoms with Gasteiger partial charge in [-0.15, -0.1) is 24.8 Å². The highest BCUT2D eigenvalue weighted by molar-refractivity contribution is 5.87. The lowest BCUT2D eigenvalue weighted by molar-refractivity contribution is 1.47. The van der Waals surface area contributed by atoms with E-state index in [4.69, 9.17) is 11.1 Å². The van der Waals surface area contributed by atoms with Gasteiger partial charge in [-0.1, -0.05) is 6.58 Å². The average Bonchev–Trinajstić information content (AvgIpc) is 1.38. The van der Waals surface area contributed by atoms with Crippen molar-refractivity contribution >= 4 is 30.6 Å². The fourth-order valence-corrected chi connectivity index (χ4v) is 0. The van der Waals surface area contributed by atoms with Crippen LogP contribution in [0, 0.1) is 5.41 Å². The summed E-state index contributed by atoms with van der Waals surface area (Å²) in [6.07, 6.45) is 1.28. The van der Waals surface area contributed by atoms with Gasteiger partial charge in [-0.25, -0.2) is 0 Å². The Morgan fingerprint density at radius 1 is 1.57 bits per heavy atom. The minimum absolute atomic E-state index is 0. The highest BCUT2D eigenvalue weighted by atomic mass is 35.5. The number of nitrogens with one attached hydrogen (secondary N) is 1. The van der Waals surface area contributed by atoms with Crippen LogP contribution in [0.15, 0.2) is 12.7 Å². The Hall–Kier alpha value is -0.210. The zero-order valence-corrected chi connectivity index (χ0v) is 5.31. The number of nitrogens with two attached hydrogens (primary N) is 1. The molecule has 0 unspecified atom stereocenters. The summed E-state index contributed by atoms with van der Waals surface area (Å²) in [5.74, 6) is 0.0185. The predicted molar refractivity (Wildman–Crippen MR) is 36.6 cm³/mol. The quantitative estimate of drug-likeness (QED) is 0.416. The van der Waals surface area contributed by atoms with Gasteiger partial charge in [0.1, 0.15) is 5.84 Å². The first-order valence-electron chi connectivity index (χ1n) is 1.24. The molecule has 0 heterocycles. The fourth-order valence-electron chi connectivity index (χ4n) is 0. The van der Waals surface area contributed by atoms with Crippen LogP contribution in [0.1, 0.15) is 0 Å². The number of hydrogen-bond donors (Lipinski definition) is 2. The molecule has 0 spiro atoms. The Bertz CT molecular complexity index is 62.0. The molecular formula is C3H8Cl2N2. The van der Waals surface area contributed by atoms with Gasteiger partial charge >= 0.3 is 0 Å². The second-order valence-electron chi connectivity index (χ2n) is 0.659. The van der Waals surface area contributed by atoms with Crippen LogP contribution in [-0.4, -0.2) is 5.84 Å². The van der Waals surface area contributed by atoms with E-state index in [1.54, 1.807) is 0 Å². The van der Waals surface area contributed by atoms with E-state index in [1.807, 2.05) is 0 Å². The van der Waals surface area contributed by atoms with Crippen LogP contribution in [0.3, 0.4) is 0 Å². The van der Waals surface area contributed by atoms with E-state index in [2.05, 4.69) is 6.58 Å². The largest absolute Gasteiger partial charge is 0.384 e. The lowest BCUT2D eigenvalue weighted by Gasteiger charge is -1.71. The van der Waals surface area contributed by atoms with Crippen molar-refractivity contribution in [2.75, 3.05) is 0 Å². The predicted octanol–water partition coefficient (Wildman–Crippen LogP) is 0.952. The summed E-state index contributed by atoms with van der Waals surface area (Å²) in [7, 11) is 0. The van der Waals surface area contributed by atoms with E-state index in [1.165, 1.54) is 6.08 Å². The summed E-state index contributed by atoms with van der Waals surface area (Å²) in [6.45, 7) is 3.21. The highest BCUT2D eigenvalue weighted by Crippen LogP contribution is 1.50. The molecule has 0 aliphatic rings. The molecule has 0 aromatic rings. The number of rotatable bonds is 1. The first kappa shape index (κ1) is 15.8. The van der Waals surface area contributed by atoms with Crippen LogP contribution >= 0.6 is 24.8 Å². The maximum absolute atomic E-state index is 6.40. The maximum atomic E-state index is 6.40. The second kappa shape index (κ2) is 9.25. The van der Waals surface area contributed by atoms with Gasteiger partial charge < -0.3 is 5.73 Å². The molecule has 0 aliphatic carbocycles. The monoisotopic (exact) mass is 142 g/mol. The van der Waals surface area contributed by atoms with Crippen molar-refractivity contribution in [1.82, 2.24) is 0 Å². The molecule has 44 valence electrons. The maximum Gasteiger partial charge on any atom is 0.114 e. The van der Waals surface area contributed by atoms with E-state index in [0.29, 0.717) is 0 Å². The van der Waals surface area contributed by atoms with Crippen molar-refractivity contribution in [3.8, 4) is 0 Å². The van der Waals surface area contributed by atoms with Crippen LogP contribution in [0.2, 0.25) is 0 Å². The van der Waals surface area contributed by atoms with Gasteiger partial charge in [0.05, 0.1) is 0 Å². The van der Waals surface area contributed by atoms with Gasteiger partial charge in [-0.05, 0) is 6.08 Å². The minimum Gasteiger partial charge on any atom is -0.384 e. The number of amidine groups is 1. The van der Waals surface area contributed by atoms with Crippen molar-refractivity contribution in [3.05, 3.63) is 12.7 Å². The van der Waals surface area contributed by atoms with Crippen LogP contribution in [0.5, 0.6) is 0 Å². The molecule has 0 atom stereocenters. The molecular weight excluding hydrogens is 135 g/mol. The molecule has 0 aromatic carbocycles. The number of halogens is 2. The SMILES string of the molecule is C=CC(=N)N.Cl.Cl. The standard InChI is InChI=1S/C3H6N2.2ClH/c1-2-3(4)5;;/h2H,1H2,(H3,4,5);2*1H. The van der Waals surface area contributed by atoms with Crippen molar-refractivity contribution in [2.45, 2.75) is 0 Å². The zero-order chi connectivity index (χ0) is 4.28. The molecule has 0 aromatic heterocycles. The Balaban J connectivity index is -0.0000000800. The van der Waals surface area contributed by atoms with E-state index in [9.17, 15) is 0 Å². The Labute approximate surface area is 55.1 Å². The molecule has 4 heteroatoms. The lowest BCUT2D eigenvalue weighted by atomic mass is 10.6. The summed E-state index contributed by atoms with van der Waals surface area (Å²) >= 11 is 0. The molecule has 2 nitrogen and oxygen atoms in total. The molecule has 7 heavy (non-hydrogen) atoms. The van der Waals surface area contributed by atoms with Gasteiger partial charge in [0.25, 0.3) is 0 Å². The van der Waals surface area contributed by atoms with Crippen LogP contribution in [0.25, 0.3) is 0 Å². The molecule has 0 fully saturated rings. The molecule has 0 saturated heterocycles. The molecule has 3 N–H and O–H groups in total. The molecule has 0 radical (unpaired) electrons. The molecule has 0 saturated carbocycles. The average molecular weight is 143 g/mol. The van der Waals surface area contributed by atoms with Crippen molar-refractivity contribution in [2.24, 2.45) is 5.73 Å². The highest BCUT2D eigenvalue weighted by Gasteiger charge is 1.62. The Kier molecular flexibility index (Phi) is 20.9. The summed E-state index contributed by atoms with van der Waals surface area (Å²) < 4.78 is 0. The van der Waals surface area contributed by atoms with E-state index >= 15 is 0 Å². The zero-order valence-electron chi connectivity index (χ0n) is 3.68. The summed E-state index contributed by atoms with van der Waals surface area (Å²) in [6, 6.07) is 0. The van der Waals surface area contributed by atoms with Crippen molar-refractivity contribution in [1.29, 1.82) is 5.41 Å². The minimum atomic E-state index is 0. The van der Waals surface area contributed by atoms with Gasteiger partial charge in [-0.2, -0.15) is 0 Å². The summed E-state index contributed by atoms with van der Waals surface area (Å²) in [5.41, 5.74) is 4.76. The molecule has 0 amide bonds. The fraction of sp³-hybridized carbons (Fsp3) is 0. The third kappa shape index (κ3) is 26.0. The van der Waals surface area contributed by atoms with E-state index < -0.39 is 0 Å². The molecule has 0 rings (SSSR count). The van der Waals surface area contributed by atoms with Crippen LogP contribution in [-0.2, 0) is 0 Å². The third-order valence-electron chi connectivity index (χ3n) is 0.220. The van der Waals surface area contributed by atoms with Crippen molar-refractivity contribution in [3.63, 3.8) is 0 Å². The van der Waals surface area contributed by atoms with E-state index in [0.717, 1.165) is 0 Å². The van der Waals surface area contributed by atoms with Gasteiger partial charge in [-0.3, -0.25) is 5.41 Å². The smallest absolute Gasteiger partial charge is 0.114 e. The summed E-state index contributed by atoms with van der Waals surface area (Å²) in [4.78, 5) is 0. The first-order valence-corrected chi connectivity index (χ1v) is 1.24. The van der Waals surface area contributed by atoms with Gasteiger partial charge in [0.15, 0.2) is 0 Å². The first-order chi connectivity index (χ1) is 2.27. The van der Waals surface area contributed by atoms with Crippen LogP contribution < -0.4 is 5.73 Å². The second-order valence-corrected chi connectivity index (χ2v) is 0.659. The molecule has 0 aliphatic heterocycles. The lowest BCUT2D eigenvalue weighted by Crippen LogP contribution is -2.02. The van der Waals surface area contributed by atoms with Gasteiger partial charge in [0.2, 0.25) is 0 Å². The number of hydrogen-bond acceptors (Lipinski definition) is 1.